The summed E-state index contributed by atoms with van der Waals surface area (Å²) >= 11 is 0. The SMILES string of the molecule is CCCCC[C-]=COC.[Cu+]. The summed E-state index contributed by atoms with van der Waals surface area (Å²) in [5.74, 6) is 0. The molecule has 0 saturated carbocycles. The molecule has 0 fully saturated rings. The number of hydrogen-bond donors (Lipinski definition) is 0. The first kappa shape index (κ1) is 12.7. The van der Waals surface area contributed by atoms with Gasteiger partial charge in [0.25, 0.3) is 0 Å². The van der Waals surface area contributed by atoms with E-state index in [1.54, 1.807) is 13.4 Å². The Morgan fingerprint density at radius 3 is 2.60 bits per heavy atom. The quantitative estimate of drug-likeness (QED) is 0.280. The van der Waals surface area contributed by atoms with Gasteiger partial charge < -0.3 is 10.8 Å². The van der Waals surface area contributed by atoms with Gasteiger partial charge in [-0.15, -0.1) is 0 Å². The minimum absolute atomic E-state index is 0. The van der Waals surface area contributed by atoms with Gasteiger partial charge in [-0.3, -0.25) is 0 Å². The normalized spacial score (nSPS) is 9.40. The minimum Gasteiger partial charge on any atom is -0.541 e. The third-order valence-corrected chi connectivity index (χ3v) is 1.13. The van der Waals surface area contributed by atoms with Crippen molar-refractivity contribution in [1.29, 1.82) is 0 Å². The van der Waals surface area contributed by atoms with Gasteiger partial charge in [-0.1, -0.05) is 32.4 Å². The van der Waals surface area contributed by atoms with Gasteiger partial charge in [0.2, 0.25) is 0 Å². The average molecular weight is 191 g/mol. The molecule has 0 N–H and O–H groups in total. The summed E-state index contributed by atoms with van der Waals surface area (Å²) in [5.41, 5.74) is 0. The van der Waals surface area contributed by atoms with Crippen LogP contribution >= 0.6 is 0 Å². The van der Waals surface area contributed by atoms with Crippen LogP contribution in [-0.4, -0.2) is 7.11 Å². The van der Waals surface area contributed by atoms with Crippen molar-refractivity contribution < 1.29 is 21.8 Å². The molecule has 0 rings (SSSR count). The van der Waals surface area contributed by atoms with E-state index in [1.165, 1.54) is 19.3 Å². The molecule has 0 spiro atoms. The molecule has 0 bridgehead atoms. The average Bonchev–Trinajstić information content (AvgIpc) is 1.89. The van der Waals surface area contributed by atoms with Crippen molar-refractivity contribution in [2.45, 2.75) is 32.6 Å². The van der Waals surface area contributed by atoms with Crippen LogP contribution in [0.1, 0.15) is 32.6 Å². The molecule has 0 unspecified atom stereocenters. The molecular weight excluding hydrogens is 176 g/mol. The van der Waals surface area contributed by atoms with Crippen molar-refractivity contribution in [3.63, 3.8) is 0 Å². The smallest absolute Gasteiger partial charge is 0.541 e. The molecule has 0 atom stereocenters. The fraction of sp³-hybridized carbons (Fsp3) is 0.750. The molecule has 1 nitrogen and oxygen atoms in total. The van der Waals surface area contributed by atoms with Gasteiger partial charge in [-0.2, -0.15) is 6.42 Å². The van der Waals surface area contributed by atoms with Crippen molar-refractivity contribution in [3.8, 4) is 0 Å². The van der Waals surface area contributed by atoms with Crippen molar-refractivity contribution in [3.05, 3.63) is 12.3 Å². The first-order chi connectivity index (χ1) is 4.41. The molecular formula is C8H15CuO. The van der Waals surface area contributed by atoms with E-state index in [0.717, 1.165) is 6.42 Å². The summed E-state index contributed by atoms with van der Waals surface area (Å²) in [6.45, 7) is 2.19. The molecule has 0 aliphatic rings. The summed E-state index contributed by atoms with van der Waals surface area (Å²) in [5, 5.41) is 0. The number of ether oxygens (including phenoxy) is 1. The third kappa shape index (κ3) is 10.9. The standard InChI is InChI=1S/C8H15O.Cu/c1-3-4-5-6-7-8-9-2;/h8H,3-6H2,1-2H3;/q-1;+1. The van der Waals surface area contributed by atoms with Crippen LogP contribution in [0.5, 0.6) is 0 Å². The van der Waals surface area contributed by atoms with Gasteiger partial charge in [0, 0.05) is 0 Å². The summed E-state index contributed by atoms with van der Waals surface area (Å²) in [6, 6.07) is 0. The van der Waals surface area contributed by atoms with E-state index in [2.05, 4.69) is 17.7 Å². The van der Waals surface area contributed by atoms with E-state index in [-0.39, 0.29) is 17.1 Å². The van der Waals surface area contributed by atoms with E-state index in [0.29, 0.717) is 0 Å². The maximum Gasteiger partial charge on any atom is 1.00 e. The monoisotopic (exact) mass is 190 g/mol. The van der Waals surface area contributed by atoms with Crippen molar-refractivity contribution in [1.82, 2.24) is 0 Å². The Labute approximate surface area is 74.3 Å². The van der Waals surface area contributed by atoms with Crippen LogP contribution in [0.4, 0.5) is 0 Å². The van der Waals surface area contributed by atoms with E-state index in [4.69, 9.17) is 0 Å². The largest absolute Gasteiger partial charge is 1.00 e. The van der Waals surface area contributed by atoms with E-state index >= 15 is 0 Å². The molecule has 0 radical (unpaired) electrons. The zero-order chi connectivity index (χ0) is 6.95. The molecule has 0 heterocycles. The number of unbranched alkanes of at least 4 members (excludes halogenated alkanes) is 3. The Kier molecular flexibility index (Phi) is 15.0. The van der Waals surface area contributed by atoms with Crippen LogP contribution < -0.4 is 0 Å². The van der Waals surface area contributed by atoms with Crippen LogP contribution in [0.25, 0.3) is 0 Å². The molecule has 64 valence electrons. The Balaban J connectivity index is 0. The molecule has 0 aliphatic carbocycles. The maximum atomic E-state index is 4.69. The van der Waals surface area contributed by atoms with Gasteiger partial charge in [0.05, 0.1) is 7.11 Å². The minimum atomic E-state index is 0. The van der Waals surface area contributed by atoms with Crippen molar-refractivity contribution in [2.24, 2.45) is 0 Å². The van der Waals surface area contributed by atoms with Gasteiger partial charge in [0.1, 0.15) is 0 Å². The molecule has 0 saturated heterocycles. The second kappa shape index (κ2) is 11.8. The predicted octanol–water partition coefficient (Wildman–Crippen LogP) is 2.53. The molecule has 0 aromatic heterocycles. The van der Waals surface area contributed by atoms with E-state index < -0.39 is 0 Å². The predicted molar refractivity (Wildman–Crippen MR) is 39.0 cm³/mol. The van der Waals surface area contributed by atoms with Crippen molar-refractivity contribution >= 4 is 0 Å². The summed E-state index contributed by atoms with van der Waals surface area (Å²) < 4.78 is 4.69. The third-order valence-electron chi connectivity index (χ3n) is 1.13. The fourth-order valence-corrected chi connectivity index (χ4v) is 0.619. The van der Waals surface area contributed by atoms with Crippen LogP contribution in [-0.2, 0) is 21.8 Å². The van der Waals surface area contributed by atoms with E-state index in [9.17, 15) is 0 Å². The van der Waals surface area contributed by atoms with Crippen LogP contribution in [0.15, 0.2) is 6.26 Å². The van der Waals surface area contributed by atoms with Gasteiger partial charge in [-0.05, 0) is 0 Å². The first-order valence-electron chi connectivity index (χ1n) is 3.49. The zero-order valence-electron chi connectivity index (χ0n) is 6.62. The number of methoxy groups -OCH3 is 1. The molecule has 0 aromatic carbocycles. The molecule has 0 amide bonds. The molecule has 10 heavy (non-hydrogen) atoms. The molecule has 0 aliphatic heterocycles. The maximum absolute atomic E-state index is 4.69. The molecule has 2 heteroatoms. The van der Waals surface area contributed by atoms with Crippen molar-refractivity contribution in [2.75, 3.05) is 7.11 Å². The topological polar surface area (TPSA) is 9.23 Å². The zero-order valence-corrected chi connectivity index (χ0v) is 7.56. The summed E-state index contributed by atoms with van der Waals surface area (Å²) in [6.07, 6.45) is 9.47. The van der Waals surface area contributed by atoms with Crippen LogP contribution in [0.2, 0.25) is 0 Å². The van der Waals surface area contributed by atoms with E-state index in [1.807, 2.05) is 0 Å². The van der Waals surface area contributed by atoms with Gasteiger partial charge >= 0.3 is 17.1 Å². The number of allylic oxidation sites excluding steroid dienone is 1. The number of hydrogen-bond acceptors (Lipinski definition) is 1. The fourth-order valence-electron chi connectivity index (χ4n) is 0.619. The Morgan fingerprint density at radius 2 is 2.10 bits per heavy atom. The second-order valence-electron chi connectivity index (χ2n) is 2.01. The Hall–Kier alpha value is 0.0595. The summed E-state index contributed by atoms with van der Waals surface area (Å²) in [4.78, 5) is 0. The first-order valence-corrected chi connectivity index (χ1v) is 3.49. The summed E-state index contributed by atoms with van der Waals surface area (Å²) in [7, 11) is 1.65. The Morgan fingerprint density at radius 1 is 1.40 bits per heavy atom. The van der Waals surface area contributed by atoms with Crippen LogP contribution in [0.3, 0.4) is 0 Å². The van der Waals surface area contributed by atoms with Crippen LogP contribution in [0, 0.1) is 6.08 Å². The number of rotatable bonds is 5. The molecule has 0 aromatic rings. The Bertz CT molecular complexity index is 71.7. The van der Waals surface area contributed by atoms with Gasteiger partial charge in [-0.25, -0.2) is 0 Å². The van der Waals surface area contributed by atoms with Gasteiger partial charge in [0.15, 0.2) is 0 Å². The second-order valence-corrected chi connectivity index (χ2v) is 2.01.